The van der Waals surface area contributed by atoms with Crippen molar-refractivity contribution in [3.8, 4) is 28.6 Å². The molecule has 0 radical (unpaired) electrons. The number of halogens is 2. The number of amides is 1. The molecule has 0 saturated carbocycles. The standard InChI is InChI=1S/C24H14Cl2N4O/c25-19-12-11-17(13-20(19)26)23(31)30-24-28-21(15-7-3-1-4-8-15)18(14-27)22(29-24)16-9-5-2-6-10-16/h1-13H,(H,28,29,30,31). The monoisotopic (exact) mass is 444 g/mol. The van der Waals surface area contributed by atoms with E-state index >= 15 is 0 Å². The Bertz CT molecular complexity index is 1240. The van der Waals surface area contributed by atoms with E-state index in [1.807, 2.05) is 60.7 Å². The van der Waals surface area contributed by atoms with E-state index in [9.17, 15) is 10.1 Å². The molecule has 0 bridgehead atoms. The van der Waals surface area contributed by atoms with Crippen LogP contribution in [0.4, 0.5) is 5.95 Å². The molecule has 0 fully saturated rings. The fraction of sp³-hybridized carbons (Fsp3) is 0. The maximum Gasteiger partial charge on any atom is 0.258 e. The largest absolute Gasteiger partial charge is 0.290 e. The predicted molar refractivity (Wildman–Crippen MR) is 122 cm³/mol. The van der Waals surface area contributed by atoms with Crippen LogP contribution in [-0.4, -0.2) is 15.9 Å². The number of carbonyl (C=O) groups is 1. The van der Waals surface area contributed by atoms with Crippen molar-refractivity contribution in [2.75, 3.05) is 5.32 Å². The molecule has 4 rings (SSSR count). The van der Waals surface area contributed by atoms with Crippen molar-refractivity contribution in [2.24, 2.45) is 0 Å². The molecule has 1 amide bonds. The van der Waals surface area contributed by atoms with Crippen molar-refractivity contribution in [3.63, 3.8) is 0 Å². The van der Waals surface area contributed by atoms with Gasteiger partial charge in [-0.1, -0.05) is 83.9 Å². The average molecular weight is 445 g/mol. The van der Waals surface area contributed by atoms with E-state index in [1.165, 1.54) is 6.07 Å². The van der Waals surface area contributed by atoms with Gasteiger partial charge in [0, 0.05) is 16.7 Å². The van der Waals surface area contributed by atoms with E-state index in [4.69, 9.17) is 23.2 Å². The zero-order chi connectivity index (χ0) is 21.8. The summed E-state index contributed by atoms with van der Waals surface area (Å²) in [6.07, 6.45) is 0. The summed E-state index contributed by atoms with van der Waals surface area (Å²) in [4.78, 5) is 21.7. The van der Waals surface area contributed by atoms with E-state index in [0.29, 0.717) is 27.5 Å². The van der Waals surface area contributed by atoms with Gasteiger partial charge in [-0.3, -0.25) is 10.1 Å². The molecule has 0 atom stereocenters. The summed E-state index contributed by atoms with van der Waals surface area (Å²) >= 11 is 12.0. The third-order valence-electron chi connectivity index (χ3n) is 4.52. The van der Waals surface area contributed by atoms with Crippen LogP contribution in [0.1, 0.15) is 15.9 Å². The number of hydrogen-bond acceptors (Lipinski definition) is 4. The molecule has 150 valence electrons. The zero-order valence-corrected chi connectivity index (χ0v) is 17.5. The summed E-state index contributed by atoms with van der Waals surface area (Å²) in [6, 6.07) is 25.4. The molecule has 7 heteroatoms. The lowest BCUT2D eigenvalue weighted by molar-refractivity contribution is 0.102. The highest BCUT2D eigenvalue weighted by Crippen LogP contribution is 2.31. The normalized spacial score (nSPS) is 10.4. The summed E-state index contributed by atoms with van der Waals surface area (Å²) in [5.41, 5.74) is 2.98. The topological polar surface area (TPSA) is 78.7 Å². The molecule has 4 aromatic rings. The van der Waals surface area contributed by atoms with Crippen LogP contribution in [0.3, 0.4) is 0 Å². The molecule has 3 aromatic carbocycles. The van der Waals surface area contributed by atoms with E-state index in [1.54, 1.807) is 12.1 Å². The minimum Gasteiger partial charge on any atom is -0.290 e. The highest BCUT2D eigenvalue weighted by molar-refractivity contribution is 6.42. The van der Waals surface area contributed by atoms with E-state index < -0.39 is 5.91 Å². The van der Waals surface area contributed by atoms with Gasteiger partial charge in [-0.15, -0.1) is 0 Å². The Hall–Kier alpha value is -3.72. The second kappa shape index (κ2) is 8.97. The second-order valence-electron chi connectivity index (χ2n) is 6.55. The summed E-state index contributed by atoms with van der Waals surface area (Å²) in [7, 11) is 0. The second-order valence-corrected chi connectivity index (χ2v) is 7.36. The molecule has 0 aliphatic heterocycles. The Labute approximate surface area is 188 Å². The Balaban J connectivity index is 1.83. The minimum atomic E-state index is -0.443. The molecule has 0 unspecified atom stereocenters. The number of rotatable bonds is 4. The third-order valence-corrected chi connectivity index (χ3v) is 5.26. The smallest absolute Gasteiger partial charge is 0.258 e. The van der Waals surface area contributed by atoms with Crippen molar-refractivity contribution in [1.82, 2.24) is 9.97 Å². The summed E-state index contributed by atoms with van der Waals surface area (Å²) in [5.74, 6) is -0.367. The van der Waals surface area contributed by atoms with Crippen molar-refractivity contribution >= 4 is 35.1 Å². The van der Waals surface area contributed by atoms with Crippen LogP contribution >= 0.6 is 23.2 Å². The minimum absolute atomic E-state index is 0.0766. The van der Waals surface area contributed by atoms with Gasteiger partial charge in [-0.2, -0.15) is 5.26 Å². The highest BCUT2D eigenvalue weighted by Gasteiger charge is 2.19. The third kappa shape index (κ3) is 4.41. The molecule has 1 aromatic heterocycles. The van der Waals surface area contributed by atoms with Crippen LogP contribution in [0.25, 0.3) is 22.5 Å². The first-order valence-electron chi connectivity index (χ1n) is 9.26. The predicted octanol–water partition coefficient (Wildman–Crippen LogP) is 6.24. The lowest BCUT2D eigenvalue weighted by Crippen LogP contribution is -2.15. The van der Waals surface area contributed by atoms with Gasteiger partial charge in [0.1, 0.15) is 11.6 Å². The van der Waals surface area contributed by atoms with Gasteiger partial charge >= 0.3 is 0 Å². The lowest BCUT2D eigenvalue weighted by Gasteiger charge is -2.12. The van der Waals surface area contributed by atoms with Gasteiger partial charge in [0.05, 0.1) is 21.4 Å². The van der Waals surface area contributed by atoms with E-state index in [0.717, 1.165) is 11.1 Å². The van der Waals surface area contributed by atoms with Crippen molar-refractivity contribution in [3.05, 3.63) is 100 Å². The number of anilines is 1. The maximum absolute atomic E-state index is 12.8. The molecular weight excluding hydrogens is 431 g/mol. The van der Waals surface area contributed by atoms with Gasteiger partial charge in [0.2, 0.25) is 5.95 Å². The van der Waals surface area contributed by atoms with Gasteiger partial charge in [-0.05, 0) is 18.2 Å². The number of benzene rings is 3. The molecule has 0 aliphatic carbocycles. The van der Waals surface area contributed by atoms with Crippen molar-refractivity contribution in [2.45, 2.75) is 0 Å². The van der Waals surface area contributed by atoms with Gasteiger partial charge in [0.15, 0.2) is 0 Å². The van der Waals surface area contributed by atoms with Crippen LogP contribution < -0.4 is 5.32 Å². The van der Waals surface area contributed by atoms with Crippen LogP contribution in [0.15, 0.2) is 78.9 Å². The molecule has 0 aliphatic rings. The van der Waals surface area contributed by atoms with Gasteiger partial charge < -0.3 is 0 Å². The first-order valence-corrected chi connectivity index (χ1v) is 10.0. The zero-order valence-electron chi connectivity index (χ0n) is 16.0. The maximum atomic E-state index is 12.8. The average Bonchev–Trinajstić information content (AvgIpc) is 2.81. The fourth-order valence-corrected chi connectivity index (χ4v) is 3.34. The quantitative estimate of drug-likeness (QED) is 0.403. The first kappa shape index (κ1) is 20.5. The lowest BCUT2D eigenvalue weighted by atomic mass is 10.0. The summed E-state index contributed by atoms with van der Waals surface area (Å²) < 4.78 is 0. The van der Waals surface area contributed by atoms with Gasteiger partial charge in [0.25, 0.3) is 5.91 Å². The number of nitrogens with one attached hydrogen (secondary N) is 1. The van der Waals surface area contributed by atoms with Crippen molar-refractivity contribution < 1.29 is 4.79 Å². The van der Waals surface area contributed by atoms with E-state index in [-0.39, 0.29) is 11.0 Å². The summed E-state index contributed by atoms with van der Waals surface area (Å²) in [5, 5.41) is 13.2. The first-order chi connectivity index (χ1) is 15.1. The Morgan fingerprint density at radius 1 is 0.806 bits per heavy atom. The Morgan fingerprint density at radius 2 is 1.35 bits per heavy atom. The van der Waals surface area contributed by atoms with Crippen molar-refractivity contribution in [1.29, 1.82) is 5.26 Å². The van der Waals surface area contributed by atoms with Crippen LogP contribution in [0, 0.1) is 11.3 Å². The number of carbonyl (C=O) groups excluding carboxylic acids is 1. The molecule has 0 saturated heterocycles. The Kier molecular flexibility index (Phi) is 5.94. The molecular formula is C24H14Cl2N4O. The molecule has 31 heavy (non-hydrogen) atoms. The molecule has 1 heterocycles. The van der Waals surface area contributed by atoms with Crippen LogP contribution in [0.2, 0.25) is 10.0 Å². The van der Waals surface area contributed by atoms with E-state index in [2.05, 4.69) is 21.4 Å². The Morgan fingerprint density at radius 3 is 1.84 bits per heavy atom. The number of hydrogen-bond donors (Lipinski definition) is 1. The molecule has 5 nitrogen and oxygen atoms in total. The number of aromatic nitrogens is 2. The SMILES string of the molecule is N#Cc1c(-c2ccccc2)nc(NC(=O)c2ccc(Cl)c(Cl)c2)nc1-c1ccccc1. The fourth-order valence-electron chi connectivity index (χ4n) is 3.04. The van der Waals surface area contributed by atoms with Crippen LogP contribution in [-0.2, 0) is 0 Å². The molecule has 1 N–H and O–H groups in total. The van der Waals surface area contributed by atoms with Crippen LogP contribution in [0.5, 0.6) is 0 Å². The summed E-state index contributed by atoms with van der Waals surface area (Å²) in [6.45, 7) is 0. The number of nitrogens with zero attached hydrogens (tertiary/aromatic N) is 3. The molecule has 0 spiro atoms. The highest BCUT2D eigenvalue weighted by atomic mass is 35.5. The number of nitriles is 1. The van der Waals surface area contributed by atoms with Gasteiger partial charge in [-0.25, -0.2) is 9.97 Å².